The number of rotatable bonds is 4. The summed E-state index contributed by atoms with van der Waals surface area (Å²) < 4.78 is 5.42. The summed E-state index contributed by atoms with van der Waals surface area (Å²) in [5.74, 6) is 0. The van der Waals surface area contributed by atoms with E-state index in [4.69, 9.17) is 22.7 Å². The summed E-state index contributed by atoms with van der Waals surface area (Å²) in [6.07, 6.45) is -0.157. The summed E-state index contributed by atoms with van der Waals surface area (Å²) in [6.45, 7) is 2.41. The Morgan fingerprint density at radius 2 is 2.08 bits per heavy atom. The SMILES string of the molecule is C[C@H](OCc1ccccc1)C(N)=S. The van der Waals surface area contributed by atoms with Gasteiger partial charge in [0.25, 0.3) is 0 Å². The zero-order chi connectivity index (χ0) is 9.68. The quantitative estimate of drug-likeness (QED) is 0.745. The van der Waals surface area contributed by atoms with Crippen molar-refractivity contribution >= 4 is 17.2 Å². The van der Waals surface area contributed by atoms with Crippen LogP contribution in [-0.4, -0.2) is 11.1 Å². The fourth-order valence-corrected chi connectivity index (χ4v) is 0.946. The molecule has 1 aromatic carbocycles. The average molecular weight is 195 g/mol. The molecule has 0 unspecified atom stereocenters. The predicted molar refractivity (Wildman–Crippen MR) is 57.5 cm³/mol. The molecule has 0 fully saturated rings. The molecular weight excluding hydrogens is 182 g/mol. The Hall–Kier alpha value is -0.930. The van der Waals surface area contributed by atoms with Gasteiger partial charge in [-0.15, -0.1) is 0 Å². The Bertz CT molecular complexity index is 274. The van der Waals surface area contributed by atoms with Crippen LogP contribution in [0.5, 0.6) is 0 Å². The summed E-state index contributed by atoms with van der Waals surface area (Å²) in [5, 5.41) is 0. The van der Waals surface area contributed by atoms with Crippen LogP contribution in [0, 0.1) is 0 Å². The smallest absolute Gasteiger partial charge is 0.105 e. The third-order valence-electron chi connectivity index (χ3n) is 1.74. The summed E-state index contributed by atoms with van der Waals surface area (Å²) >= 11 is 4.79. The molecule has 13 heavy (non-hydrogen) atoms. The van der Waals surface area contributed by atoms with Gasteiger partial charge in [0.15, 0.2) is 0 Å². The molecule has 0 spiro atoms. The normalized spacial score (nSPS) is 12.4. The van der Waals surface area contributed by atoms with Crippen LogP contribution >= 0.6 is 12.2 Å². The second kappa shape index (κ2) is 4.94. The molecule has 0 aliphatic heterocycles. The molecule has 1 atom stereocenters. The molecule has 2 N–H and O–H groups in total. The van der Waals surface area contributed by atoms with Crippen LogP contribution in [0.1, 0.15) is 12.5 Å². The van der Waals surface area contributed by atoms with Crippen molar-refractivity contribution in [3.63, 3.8) is 0 Å². The first-order valence-corrected chi connectivity index (χ1v) is 4.56. The topological polar surface area (TPSA) is 35.2 Å². The van der Waals surface area contributed by atoms with Gasteiger partial charge in [0, 0.05) is 0 Å². The van der Waals surface area contributed by atoms with Gasteiger partial charge in [0.05, 0.1) is 6.61 Å². The van der Waals surface area contributed by atoms with Gasteiger partial charge in [-0.2, -0.15) is 0 Å². The van der Waals surface area contributed by atoms with Gasteiger partial charge in [0.2, 0.25) is 0 Å². The van der Waals surface area contributed by atoms with Gasteiger partial charge in [0.1, 0.15) is 11.1 Å². The van der Waals surface area contributed by atoms with Crippen molar-refractivity contribution in [2.45, 2.75) is 19.6 Å². The van der Waals surface area contributed by atoms with Crippen molar-refractivity contribution in [2.75, 3.05) is 0 Å². The molecule has 0 saturated carbocycles. The van der Waals surface area contributed by atoms with E-state index in [9.17, 15) is 0 Å². The third kappa shape index (κ3) is 3.53. The number of benzene rings is 1. The van der Waals surface area contributed by atoms with E-state index in [0.717, 1.165) is 5.56 Å². The molecule has 3 heteroatoms. The lowest BCUT2D eigenvalue weighted by molar-refractivity contribution is 0.0969. The van der Waals surface area contributed by atoms with Crippen LogP contribution in [-0.2, 0) is 11.3 Å². The molecule has 0 amide bonds. The van der Waals surface area contributed by atoms with Crippen molar-refractivity contribution in [2.24, 2.45) is 5.73 Å². The fourth-order valence-electron chi connectivity index (χ4n) is 0.878. The van der Waals surface area contributed by atoms with E-state index in [0.29, 0.717) is 11.6 Å². The molecule has 0 aliphatic carbocycles. The Morgan fingerprint density at radius 1 is 1.46 bits per heavy atom. The molecule has 0 saturated heterocycles. The van der Waals surface area contributed by atoms with Crippen molar-refractivity contribution in [3.8, 4) is 0 Å². The number of hydrogen-bond acceptors (Lipinski definition) is 2. The van der Waals surface area contributed by atoms with Crippen LogP contribution in [0.3, 0.4) is 0 Å². The predicted octanol–water partition coefficient (Wildman–Crippen LogP) is 1.88. The standard InChI is InChI=1S/C10H13NOS/c1-8(10(11)13)12-7-9-5-3-2-4-6-9/h2-6,8H,7H2,1H3,(H2,11,13)/t8-/m0/s1. The summed E-state index contributed by atoms with van der Waals surface area (Å²) in [7, 11) is 0. The second-order valence-corrected chi connectivity index (χ2v) is 3.31. The zero-order valence-corrected chi connectivity index (χ0v) is 8.38. The largest absolute Gasteiger partial charge is 0.391 e. The minimum Gasteiger partial charge on any atom is -0.391 e. The van der Waals surface area contributed by atoms with Gasteiger partial charge in [-0.1, -0.05) is 42.5 Å². The van der Waals surface area contributed by atoms with Gasteiger partial charge in [-0.3, -0.25) is 0 Å². The fraction of sp³-hybridized carbons (Fsp3) is 0.300. The monoisotopic (exact) mass is 195 g/mol. The van der Waals surface area contributed by atoms with E-state index in [2.05, 4.69) is 0 Å². The highest BCUT2D eigenvalue weighted by Gasteiger charge is 2.04. The van der Waals surface area contributed by atoms with E-state index in [1.807, 2.05) is 37.3 Å². The highest BCUT2D eigenvalue weighted by Crippen LogP contribution is 2.03. The Morgan fingerprint density at radius 3 is 2.62 bits per heavy atom. The van der Waals surface area contributed by atoms with Crippen molar-refractivity contribution < 1.29 is 4.74 Å². The van der Waals surface area contributed by atoms with E-state index in [1.165, 1.54) is 0 Å². The zero-order valence-electron chi connectivity index (χ0n) is 7.57. The molecule has 0 aliphatic rings. The van der Waals surface area contributed by atoms with E-state index in [1.54, 1.807) is 0 Å². The minimum absolute atomic E-state index is 0.157. The van der Waals surface area contributed by atoms with Crippen molar-refractivity contribution in [3.05, 3.63) is 35.9 Å². The summed E-state index contributed by atoms with van der Waals surface area (Å²) in [6, 6.07) is 9.94. The van der Waals surface area contributed by atoms with Crippen molar-refractivity contribution in [1.29, 1.82) is 0 Å². The van der Waals surface area contributed by atoms with E-state index >= 15 is 0 Å². The Labute approximate surface area is 83.7 Å². The number of thiocarbonyl (C=S) groups is 1. The van der Waals surface area contributed by atoms with E-state index < -0.39 is 0 Å². The van der Waals surface area contributed by atoms with Crippen LogP contribution in [0.15, 0.2) is 30.3 Å². The Kier molecular flexibility index (Phi) is 3.86. The number of nitrogens with two attached hydrogens (primary N) is 1. The molecule has 2 nitrogen and oxygen atoms in total. The summed E-state index contributed by atoms with van der Waals surface area (Å²) in [4.78, 5) is 0.399. The molecule has 1 aromatic rings. The van der Waals surface area contributed by atoms with Crippen LogP contribution < -0.4 is 5.73 Å². The van der Waals surface area contributed by atoms with E-state index in [-0.39, 0.29) is 6.10 Å². The molecule has 0 bridgehead atoms. The van der Waals surface area contributed by atoms with Crippen LogP contribution in [0.4, 0.5) is 0 Å². The molecule has 0 aromatic heterocycles. The lowest BCUT2D eigenvalue weighted by atomic mass is 10.2. The van der Waals surface area contributed by atoms with Gasteiger partial charge < -0.3 is 10.5 Å². The van der Waals surface area contributed by atoms with Crippen LogP contribution in [0.2, 0.25) is 0 Å². The first kappa shape index (κ1) is 10.2. The molecule has 0 radical (unpaired) electrons. The summed E-state index contributed by atoms with van der Waals surface area (Å²) in [5.41, 5.74) is 6.54. The minimum atomic E-state index is -0.157. The van der Waals surface area contributed by atoms with Crippen molar-refractivity contribution in [1.82, 2.24) is 0 Å². The first-order valence-electron chi connectivity index (χ1n) is 4.15. The maximum Gasteiger partial charge on any atom is 0.105 e. The van der Waals surface area contributed by atoms with Gasteiger partial charge >= 0.3 is 0 Å². The molecule has 70 valence electrons. The molecule has 0 heterocycles. The molecule has 1 rings (SSSR count). The lowest BCUT2D eigenvalue weighted by Gasteiger charge is -2.10. The van der Waals surface area contributed by atoms with Gasteiger partial charge in [-0.05, 0) is 12.5 Å². The highest BCUT2D eigenvalue weighted by molar-refractivity contribution is 7.80. The third-order valence-corrected chi connectivity index (χ3v) is 2.08. The first-order chi connectivity index (χ1) is 6.20. The van der Waals surface area contributed by atoms with Crippen LogP contribution in [0.25, 0.3) is 0 Å². The highest BCUT2D eigenvalue weighted by atomic mass is 32.1. The maximum absolute atomic E-state index is 5.42. The Balaban J connectivity index is 2.39. The maximum atomic E-state index is 5.42. The number of hydrogen-bond donors (Lipinski definition) is 1. The molecular formula is C10H13NOS. The van der Waals surface area contributed by atoms with Gasteiger partial charge in [-0.25, -0.2) is 0 Å². The average Bonchev–Trinajstić information content (AvgIpc) is 2.15. The second-order valence-electron chi connectivity index (χ2n) is 2.84. The number of ether oxygens (including phenoxy) is 1. The lowest BCUT2D eigenvalue weighted by Crippen LogP contribution is -2.26.